The minimum Gasteiger partial charge on any atom is -0.298 e. The van der Waals surface area contributed by atoms with E-state index in [0.29, 0.717) is 0 Å². The van der Waals surface area contributed by atoms with Crippen LogP contribution in [-0.2, 0) is 15.8 Å². The van der Waals surface area contributed by atoms with E-state index in [0.717, 1.165) is 0 Å². The first-order chi connectivity index (χ1) is 5.75. The van der Waals surface area contributed by atoms with Crippen molar-refractivity contribution in [1.29, 1.82) is 0 Å². The average molecular weight is 205 g/mol. The molecule has 1 N–H and O–H groups in total. The van der Waals surface area contributed by atoms with E-state index in [4.69, 9.17) is 0 Å². The Morgan fingerprint density at radius 3 is 2.15 bits per heavy atom. The number of ketones is 1. The van der Waals surface area contributed by atoms with Crippen LogP contribution >= 0.6 is 0 Å². The Morgan fingerprint density at radius 1 is 1.38 bits per heavy atom. The average Bonchev–Trinajstić information content (AvgIpc) is 1.97. The highest BCUT2D eigenvalue weighted by atomic mass is 32.2. The lowest BCUT2D eigenvalue weighted by molar-refractivity contribution is -0.120. The molecule has 0 aromatic rings. The Hall–Kier alpha value is -0.220. The Morgan fingerprint density at radius 2 is 1.85 bits per heavy atom. The number of hydrogen-bond donors (Lipinski definition) is 1. The molecular formula is C9H19NO2S. The smallest absolute Gasteiger partial charge is 0.150 e. The van der Waals surface area contributed by atoms with E-state index in [2.05, 4.69) is 4.72 Å². The molecule has 13 heavy (non-hydrogen) atoms. The second-order valence-electron chi connectivity index (χ2n) is 4.32. The van der Waals surface area contributed by atoms with E-state index in [1.807, 2.05) is 34.6 Å². The van der Waals surface area contributed by atoms with Gasteiger partial charge in [0, 0.05) is 5.92 Å². The van der Waals surface area contributed by atoms with Crippen LogP contribution < -0.4 is 4.72 Å². The highest BCUT2D eigenvalue weighted by molar-refractivity contribution is 7.84. The minimum atomic E-state index is -1.15. The summed E-state index contributed by atoms with van der Waals surface area (Å²) in [4.78, 5) is 11.2. The van der Waals surface area contributed by atoms with Crippen LogP contribution in [0, 0.1) is 5.92 Å². The lowest BCUT2D eigenvalue weighted by atomic mass is 10.1. The summed E-state index contributed by atoms with van der Waals surface area (Å²) in [6.07, 6.45) is 0. The fourth-order valence-corrected chi connectivity index (χ4v) is 1.26. The molecule has 1 atom stereocenters. The lowest BCUT2D eigenvalue weighted by Crippen LogP contribution is -2.37. The summed E-state index contributed by atoms with van der Waals surface area (Å²) in [7, 11) is -1.15. The maximum atomic E-state index is 11.4. The van der Waals surface area contributed by atoms with E-state index in [1.165, 1.54) is 0 Å². The highest BCUT2D eigenvalue weighted by Crippen LogP contribution is 2.08. The first-order valence-corrected chi connectivity index (χ1v) is 5.58. The number of carbonyl (C=O) groups is 1. The van der Waals surface area contributed by atoms with Gasteiger partial charge >= 0.3 is 0 Å². The van der Waals surface area contributed by atoms with Gasteiger partial charge in [0.25, 0.3) is 0 Å². The molecule has 0 aliphatic carbocycles. The SMILES string of the molecule is CC(C)C(=O)CN[S@](=O)C(C)(C)C. The standard InChI is InChI=1S/C9H19NO2S/c1-7(2)8(11)6-10-13(12)9(3,4)5/h7,10H,6H2,1-5H3/t13-/m1/s1. The molecule has 3 nitrogen and oxygen atoms in total. The largest absolute Gasteiger partial charge is 0.298 e. The van der Waals surface area contributed by atoms with Gasteiger partial charge < -0.3 is 0 Å². The van der Waals surface area contributed by atoms with Crippen molar-refractivity contribution in [3.8, 4) is 0 Å². The third-order valence-corrected chi connectivity index (χ3v) is 3.10. The molecule has 0 rings (SSSR count). The Bertz CT molecular complexity index is 206. The summed E-state index contributed by atoms with van der Waals surface area (Å²) in [5, 5.41) is 0. The fraction of sp³-hybridized carbons (Fsp3) is 0.889. The molecule has 0 fully saturated rings. The van der Waals surface area contributed by atoms with Crippen LogP contribution in [0.25, 0.3) is 0 Å². The first kappa shape index (κ1) is 12.8. The van der Waals surface area contributed by atoms with Crippen LogP contribution in [-0.4, -0.2) is 21.3 Å². The number of hydrogen-bond acceptors (Lipinski definition) is 2. The van der Waals surface area contributed by atoms with E-state index in [9.17, 15) is 9.00 Å². The van der Waals surface area contributed by atoms with Crippen molar-refractivity contribution in [3.63, 3.8) is 0 Å². The minimum absolute atomic E-state index is 0.00414. The zero-order valence-electron chi connectivity index (χ0n) is 9.01. The molecule has 0 radical (unpaired) electrons. The van der Waals surface area contributed by atoms with E-state index < -0.39 is 11.0 Å². The second-order valence-corrected chi connectivity index (χ2v) is 6.37. The molecule has 0 unspecified atom stereocenters. The number of nitrogens with one attached hydrogen (secondary N) is 1. The molecule has 0 saturated carbocycles. The van der Waals surface area contributed by atoms with Crippen molar-refractivity contribution in [2.75, 3.05) is 6.54 Å². The third-order valence-electron chi connectivity index (χ3n) is 1.58. The number of rotatable bonds is 4. The molecule has 0 aromatic heterocycles. The van der Waals surface area contributed by atoms with Crippen molar-refractivity contribution in [3.05, 3.63) is 0 Å². The van der Waals surface area contributed by atoms with Crippen molar-refractivity contribution in [2.24, 2.45) is 5.92 Å². The van der Waals surface area contributed by atoms with Gasteiger partial charge in [0.2, 0.25) is 0 Å². The quantitative estimate of drug-likeness (QED) is 0.751. The van der Waals surface area contributed by atoms with Crippen LogP contribution in [0.1, 0.15) is 34.6 Å². The molecule has 4 heteroatoms. The normalized spacial score (nSPS) is 14.6. The van der Waals surface area contributed by atoms with Crippen LogP contribution in [0.3, 0.4) is 0 Å². The topological polar surface area (TPSA) is 46.2 Å². The van der Waals surface area contributed by atoms with Crippen molar-refractivity contribution in [2.45, 2.75) is 39.4 Å². The third kappa shape index (κ3) is 5.16. The van der Waals surface area contributed by atoms with E-state index >= 15 is 0 Å². The van der Waals surface area contributed by atoms with Gasteiger partial charge in [-0.1, -0.05) is 13.8 Å². The van der Waals surface area contributed by atoms with Gasteiger partial charge in [0.15, 0.2) is 0 Å². The molecule has 0 bridgehead atoms. The van der Waals surface area contributed by atoms with Gasteiger partial charge in [-0.05, 0) is 20.8 Å². The fourth-order valence-electron chi connectivity index (χ4n) is 0.557. The van der Waals surface area contributed by atoms with Gasteiger partial charge in [0.1, 0.15) is 5.78 Å². The maximum absolute atomic E-state index is 11.4. The molecule has 0 saturated heterocycles. The van der Waals surface area contributed by atoms with E-state index in [1.54, 1.807) is 0 Å². The van der Waals surface area contributed by atoms with E-state index in [-0.39, 0.29) is 23.0 Å². The van der Waals surface area contributed by atoms with Crippen molar-refractivity contribution in [1.82, 2.24) is 4.72 Å². The molecule has 0 aliphatic heterocycles. The predicted molar refractivity (Wildman–Crippen MR) is 55.7 cm³/mol. The Labute approximate surface area is 82.9 Å². The summed E-state index contributed by atoms with van der Waals surface area (Å²) in [6, 6.07) is 0. The molecule has 0 spiro atoms. The van der Waals surface area contributed by atoms with Gasteiger partial charge in [-0.15, -0.1) is 0 Å². The summed E-state index contributed by atoms with van der Waals surface area (Å²) in [5.41, 5.74) is 0. The predicted octanol–water partition coefficient (Wildman–Crippen LogP) is 1.26. The lowest BCUT2D eigenvalue weighted by Gasteiger charge is -2.18. The number of carbonyl (C=O) groups excluding carboxylic acids is 1. The van der Waals surface area contributed by atoms with Gasteiger partial charge in [0.05, 0.1) is 22.3 Å². The molecule has 78 valence electrons. The summed E-state index contributed by atoms with van der Waals surface area (Å²) in [5.74, 6) is 0.0991. The van der Waals surface area contributed by atoms with Crippen LogP contribution in [0.2, 0.25) is 0 Å². The van der Waals surface area contributed by atoms with Crippen LogP contribution in [0.4, 0.5) is 0 Å². The first-order valence-electron chi connectivity index (χ1n) is 4.43. The summed E-state index contributed by atoms with van der Waals surface area (Å²) >= 11 is 0. The molecule has 0 aromatic carbocycles. The van der Waals surface area contributed by atoms with Crippen molar-refractivity contribution >= 4 is 16.8 Å². The molecular weight excluding hydrogens is 186 g/mol. The summed E-state index contributed by atoms with van der Waals surface area (Å²) < 4.78 is 13.9. The number of Topliss-reactive ketones (excluding diaryl/α,β-unsaturated/α-hetero) is 1. The zero-order chi connectivity index (χ0) is 10.6. The maximum Gasteiger partial charge on any atom is 0.150 e. The van der Waals surface area contributed by atoms with Crippen LogP contribution in [0.15, 0.2) is 0 Å². The van der Waals surface area contributed by atoms with Gasteiger partial charge in [-0.3, -0.25) is 4.79 Å². The summed E-state index contributed by atoms with van der Waals surface area (Å²) in [6.45, 7) is 9.48. The van der Waals surface area contributed by atoms with Crippen molar-refractivity contribution < 1.29 is 9.00 Å². The molecule has 0 heterocycles. The van der Waals surface area contributed by atoms with Gasteiger partial charge in [-0.2, -0.15) is 0 Å². The molecule has 0 amide bonds. The Balaban J connectivity index is 3.92. The monoisotopic (exact) mass is 205 g/mol. The molecule has 0 aliphatic rings. The Kier molecular flexibility index (Phi) is 4.78. The van der Waals surface area contributed by atoms with Crippen LogP contribution in [0.5, 0.6) is 0 Å². The van der Waals surface area contributed by atoms with Gasteiger partial charge in [-0.25, -0.2) is 8.93 Å². The second kappa shape index (κ2) is 4.86. The highest BCUT2D eigenvalue weighted by Gasteiger charge is 2.20. The zero-order valence-corrected chi connectivity index (χ0v) is 9.83.